The predicted molar refractivity (Wildman–Crippen MR) is 193 cm³/mol. The van der Waals surface area contributed by atoms with Gasteiger partial charge in [0.25, 0.3) is 0 Å². The Morgan fingerprint density at radius 3 is 2.55 bits per heavy atom. The Kier molecular flexibility index (Phi) is 8.67. The number of nitrogens with zero attached hydrogens (tertiary/aromatic N) is 6. The molecule has 3 aliphatic rings. The highest BCUT2D eigenvalue weighted by Gasteiger charge is 2.48. The first kappa shape index (κ1) is 33.1. The lowest BCUT2D eigenvalue weighted by Gasteiger charge is -2.53. The van der Waals surface area contributed by atoms with E-state index in [9.17, 15) is 4.79 Å². The average Bonchev–Trinajstić information content (AvgIpc) is 3.70. The molecule has 260 valence electrons. The smallest absolute Gasteiger partial charge is 0.410 e. The van der Waals surface area contributed by atoms with Crippen molar-refractivity contribution in [1.82, 2.24) is 30.0 Å². The van der Waals surface area contributed by atoms with Crippen molar-refractivity contribution < 1.29 is 19.0 Å². The molecule has 0 aliphatic carbocycles. The molecule has 1 amide bonds. The van der Waals surface area contributed by atoms with Gasteiger partial charge < -0.3 is 28.9 Å². The van der Waals surface area contributed by atoms with E-state index in [-0.39, 0.29) is 11.5 Å². The summed E-state index contributed by atoms with van der Waals surface area (Å²) < 4.78 is 18.6. The van der Waals surface area contributed by atoms with E-state index in [1.807, 2.05) is 44.9 Å². The van der Waals surface area contributed by atoms with E-state index in [4.69, 9.17) is 24.2 Å². The molecule has 11 nitrogen and oxygen atoms in total. The quantitative estimate of drug-likeness (QED) is 0.216. The normalized spacial score (nSPS) is 19.4. The number of anilines is 1. The molecular formula is C38H49N7O4. The Hall–Kier alpha value is -4.38. The molecule has 2 aromatic carbocycles. The number of aromatic nitrogens is 4. The Bertz CT molecular complexity index is 1880. The van der Waals surface area contributed by atoms with E-state index in [0.29, 0.717) is 31.0 Å². The van der Waals surface area contributed by atoms with Crippen LogP contribution in [0.5, 0.6) is 11.8 Å². The zero-order valence-electron chi connectivity index (χ0n) is 29.8. The van der Waals surface area contributed by atoms with Crippen LogP contribution in [0.25, 0.3) is 39.0 Å². The summed E-state index contributed by atoms with van der Waals surface area (Å²) >= 11 is 0. The summed E-state index contributed by atoms with van der Waals surface area (Å²) in [5.41, 5.74) is 5.30. The number of fused-ring (bicyclic) bond motifs is 2. The van der Waals surface area contributed by atoms with Crippen LogP contribution in [0.3, 0.4) is 0 Å². The molecule has 4 aromatic rings. The number of rotatable bonds is 8. The van der Waals surface area contributed by atoms with Crippen molar-refractivity contribution in [3.05, 3.63) is 42.1 Å². The second-order valence-electron chi connectivity index (χ2n) is 15.0. The standard InChI is InChI=1S/C38H49N7O4/c1-8-25-19-27-32(33(47-9-2)31(25)30-24(3)12-13-29-28(30)20-39-42-29)40-35(48-21-26-11-10-16-43(26)7)41-34(27)44-17-14-38(15-18-44)22-45(23-38)36(46)49-37(4,5)6/h8,12-13,19-20,26H,1,9-11,14-18,21-23H2,2-7H3,(H,39,42). The Balaban J connectivity index is 1.28. The Morgan fingerprint density at radius 1 is 1.10 bits per heavy atom. The van der Waals surface area contributed by atoms with Gasteiger partial charge in [0.15, 0.2) is 5.75 Å². The summed E-state index contributed by atoms with van der Waals surface area (Å²) in [6.07, 6.45) is 7.70. The minimum atomic E-state index is -0.502. The highest BCUT2D eigenvalue weighted by Crippen LogP contribution is 2.47. The summed E-state index contributed by atoms with van der Waals surface area (Å²) in [7, 11) is 2.15. The van der Waals surface area contributed by atoms with Gasteiger partial charge in [-0.2, -0.15) is 15.1 Å². The van der Waals surface area contributed by atoms with Gasteiger partial charge in [-0.1, -0.05) is 18.7 Å². The maximum Gasteiger partial charge on any atom is 0.410 e. The van der Waals surface area contributed by atoms with Crippen LogP contribution in [0, 0.1) is 12.3 Å². The maximum atomic E-state index is 12.7. The first-order valence-corrected chi connectivity index (χ1v) is 17.6. The van der Waals surface area contributed by atoms with E-state index >= 15 is 0 Å². The van der Waals surface area contributed by atoms with Crippen LogP contribution in [-0.4, -0.2) is 101 Å². The Labute approximate surface area is 288 Å². The number of carbonyl (C=O) groups excluding carboxylic acids is 1. The molecule has 11 heteroatoms. The fourth-order valence-electron chi connectivity index (χ4n) is 7.78. The van der Waals surface area contributed by atoms with E-state index in [1.54, 1.807) is 0 Å². The van der Waals surface area contributed by atoms with Crippen LogP contribution in [0.1, 0.15) is 64.5 Å². The van der Waals surface area contributed by atoms with Crippen LogP contribution >= 0.6 is 0 Å². The highest BCUT2D eigenvalue weighted by atomic mass is 16.6. The van der Waals surface area contributed by atoms with E-state index in [2.05, 4.69) is 58.7 Å². The van der Waals surface area contributed by atoms with Crippen LogP contribution in [0.2, 0.25) is 0 Å². The lowest BCUT2D eigenvalue weighted by atomic mass is 9.72. The monoisotopic (exact) mass is 667 g/mol. The third kappa shape index (κ3) is 6.29. The summed E-state index contributed by atoms with van der Waals surface area (Å²) in [5.74, 6) is 1.53. The zero-order valence-corrected chi connectivity index (χ0v) is 29.8. The molecule has 1 N–H and O–H groups in total. The number of likely N-dealkylation sites (tertiary alicyclic amines) is 2. The first-order valence-electron chi connectivity index (χ1n) is 17.6. The number of hydrogen-bond acceptors (Lipinski definition) is 9. The van der Waals surface area contributed by atoms with Gasteiger partial charge in [0.1, 0.15) is 23.5 Å². The molecule has 3 fully saturated rings. The van der Waals surface area contributed by atoms with Gasteiger partial charge in [0, 0.05) is 54.0 Å². The number of piperidine rings is 1. The van der Waals surface area contributed by atoms with Gasteiger partial charge in [0.05, 0.1) is 18.3 Å². The lowest BCUT2D eigenvalue weighted by molar-refractivity contribution is -0.0434. The molecule has 0 saturated carbocycles. The number of hydrogen-bond donors (Lipinski definition) is 1. The van der Waals surface area contributed by atoms with Crippen LogP contribution < -0.4 is 14.4 Å². The molecule has 1 spiro atoms. The number of carbonyl (C=O) groups is 1. The van der Waals surface area contributed by atoms with Crippen molar-refractivity contribution in [3.8, 4) is 22.9 Å². The third-order valence-electron chi connectivity index (χ3n) is 10.4. The molecule has 3 saturated heterocycles. The average molecular weight is 668 g/mol. The molecule has 0 bridgehead atoms. The number of benzene rings is 2. The van der Waals surface area contributed by atoms with E-state index in [1.165, 1.54) is 0 Å². The fourth-order valence-corrected chi connectivity index (χ4v) is 7.78. The van der Waals surface area contributed by atoms with Crippen molar-refractivity contribution in [1.29, 1.82) is 0 Å². The van der Waals surface area contributed by atoms with Crippen LogP contribution in [0.4, 0.5) is 10.6 Å². The molecule has 5 heterocycles. The number of aryl methyl sites for hydroxylation is 1. The molecular weight excluding hydrogens is 618 g/mol. The van der Waals surface area contributed by atoms with Gasteiger partial charge in [-0.25, -0.2) is 4.79 Å². The predicted octanol–water partition coefficient (Wildman–Crippen LogP) is 6.83. The molecule has 0 radical (unpaired) electrons. The fraction of sp³-hybridized carbons (Fsp3) is 0.526. The van der Waals surface area contributed by atoms with Crippen LogP contribution in [0.15, 0.2) is 31.0 Å². The van der Waals surface area contributed by atoms with Crippen molar-refractivity contribution in [2.45, 2.75) is 71.9 Å². The third-order valence-corrected chi connectivity index (χ3v) is 10.4. The summed E-state index contributed by atoms with van der Waals surface area (Å²) in [6, 6.07) is 7.00. The minimum absolute atomic E-state index is 0.0966. The first-order chi connectivity index (χ1) is 23.5. The largest absolute Gasteiger partial charge is 0.491 e. The number of ether oxygens (including phenoxy) is 3. The molecule has 1 atom stereocenters. The SMILES string of the molecule is C=Cc1cc2c(N3CCC4(CC3)CN(C(=O)OC(C)(C)C)C4)nc(OCC3CCCN3C)nc2c(OCC)c1-c1c(C)ccc2[nH]ncc12. The van der Waals surface area contributed by atoms with Crippen molar-refractivity contribution in [2.24, 2.45) is 5.41 Å². The topological polar surface area (TPSA) is 109 Å². The van der Waals surface area contributed by atoms with Gasteiger partial charge in [-0.3, -0.25) is 5.10 Å². The van der Waals surface area contributed by atoms with Crippen molar-refractivity contribution in [2.75, 3.05) is 57.9 Å². The van der Waals surface area contributed by atoms with Crippen molar-refractivity contribution in [3.63, 3.8) is 0 Å². The number of nitrogens with one attached hydrogen (secondary N) is 1. The second kappa shape index (κ2) is 12.8. The summed E-state index contributed by atoms with van der Waals surface area (Å²) in [4.78, 5) is 29.4. The molecule has 3 aliphatic heterocycles. The van der Waals surface area contributed by atoms with Gasteiger partial charge in [-0.15, -0.1) is 0 Å². The molecule has 2 aromatic heterocycles. The maximum absolute atomic E-state index is 12.7. The molecule has 7 rings (SSSR count). The molecule has 1 unspecified atom stereocenters. The molecule has 49 heavy (non-hydrogen) atoms. The minimum Gasteiger partial charge on any atom is -0.491 e. The van der Waals surface area contributed by atoms with Crippen molar-refractivity contribution >= 4 is 39.8 Å². The van der Waals surface area contributed by atoms with Gasteiger partial charge in [0.2, 0.25) is 0 Å². The Morgan fingerprint density at radius 2 is 1.88 bits per heavy atom. The van der Waals surface area contributed by atoms with Gasteiger partial charge >= 0.3 is 12.1 Å². The highest BCUT2D eigenvalue weighted by molar-refractivity contribution is 6.07. The summed E-state index contributed by atoms with van der Waals surface area (Å²) in [6.45, 7) is 19.2. The van der Waals surface area contributed by atoms with Crippen LogP contribution in [-0.2, 0) is 4.74 Å². The zero-order chi connectivity index (χ0) is 34.5. The summed E-state index contributed by atoms with van der Waals surface area (Å²) in [5, 5.41) is 9.40. The van der Waals surface area contributed by atoms with E-state index in [0.717, 1.165) is 108 Å². The second-order valence-corrected chi connectivity index (χ2v) is 15.0. The van der Waals surface area contributed by atoms with Gasteiger partial charge in [-0.05, 0) is 103 Å². The number of likely N-dealkylation sites (N-methyl/N-ethyl adjacent to an activating group) is 1. The number of H-pyrrole nitrogens is 1. The number of aromatic amines is 1. The lowest BCUT2D eigenvalue weighted by Crippen LogP contribution is -2.62. The number of amides is 1. The van der Waals surface area contributed by atoms with E-state index < -0.39 is 5.60 Å².